The zero-order valence-corrected chi connectivity index (χ0v) is 15.7. The SMILES string of the molecule is Cc1cccc(-c2nnc(/C(Cl)=C/c3cc(C)c(OC(F)F)c(C)c3)o2)c1. The van der Waals surface area contributed by atoms with Gasteiger partial charge in [-0.1, -0.05) is 29.3 Å². The first kappa shape index (κ1) is 19.0. The number of ether oxygens (including phenoxy) is 1. The Hall–Kier alpha value is -2.73. The van der Waals surface area contributed by atoms with Crippen molar-refractivity contribution in [3.63, 3.8) is 0 Å². The molecule has 0 fully saturated rings. The van der Waals surface area contributed by atoms with Gasteiger partial charge >= 0.3 is 6.61 Å². The smallest absolute Gasteiger partial charge is 0.387 e. The van der Waals surface area contributed by atoms with E-state index in [2.05, 4.69) is 14.9 Å². The molecule has 2 aromatic carbocycles. The molecular formula is C20H17ClF2N2O2. The first-order chi connectivity index (χ1) is 12.8. The van der Waals surface area contributed by atoms with Crippen LogP contribution in [0.5, 0.6) is 5.75 Å². The monoisotopic (exact) mass is 390 g/mol. The highest BCUT2D eigenvalue weighted by atomic mass is 35.5. The maximum absolute atomic E-state index is 12.5. The molecular weight excluding hydrogens is 374 g/mol. The minimum Gasteiger partial charge on any atom is -0.434 e. The second kappa shape index (κ2) is 7.88. The van der Waals surface area contributed by atoms with E-state index in [-0.39, 0.29) is 16.7 Å². The Morgan fingerprint density at radius 2 is 1.81 bits per heavy atom. The van der Waals surface area contributed by atoms with Crippen molar-refractivity contribution in [1.82, 2.24) is 10.2 Å². The van der Waals surface area contributed by atoms with Crippen LogP contribution in [0.25, 0.3) is 22.6 Å². The van der Waals surface area contributed by atoms with E-state index in [1.165, 1.54) is 0 Å². The third-order valence-electron chi connectivity index (χ3n) is 3.88. The molecule has 0 spiro atoms. The summed E-state index contributed by atoms with van der Waals surface area (Å²) in [6.07, 6.45) is 1.64. The Morgan fingerprint density at radius 3 is 2.44 bits per heavy atom. The van der Waals surface area contributed by atoms with Crippen molar-refractivity contribution in [2.45, 2.75) is 27.4 Å². The van der Waals surface area contributed by atoms with Crippen LogP contribution in [-0.4, -0.2) is 16.8 Å². The average Bonchev–Trinajstić information content (AvgIpc) is 3.08. The fourth-order valence-corrected chi connectivity index (χ4v) is 2.97. The maximum atomic E-state index is 12.5. The van der Waals surface area contributed by atoms with Crippen molar-refractivity contribution in [2.24, 2.45) is 0 Å². The zero-order valence-electron chi connectivity index (χ0n) is 15.0. The summed E-state index contributed by atoms with van der Waals surface area (Å²) in [6, 6.07) is 11.1. The van der Waals surface area contributed by atoms with Crippen LogP contribution < -0.4 is 4.74 Å². The van der Waals surface area contributed by atoms with Crippen LogP contribution >= 0.6 is 11.6 Å². The predicted octanol–water partition coefficient (Wildman–Crippen LogP) is 6.00. The standard InChI is InChI=1S/C20H17ClF2N2O2/c1-11-5-4-6-15(7-11)18-24-25-19(27-18)16(21)10-14-8-12(2)17(13(3)9-14)26-20(22)23/h4-10,20H,1-3H3/b16-10-. The lowest BCUT2D eigenvalue weighted by molar-refractivity contribution is -0.0507. The molecule has 1 heterocycles. The van der Waals surface area contributed by atoms with Gasteiger partial charge in [0.1, 0.15) is 10.8 Å². The summed E-state index contributed by atoms with van der Waals surface area (Å²) >= 11 is 6.32. The fourth-order valence-electron chi connectivity index (χ4n) is 2.76. The first-order valence-corrected chi connectivity index (χ1v) is 8.55. The molecule has 3 rings (SSSR count). The summed E-state index contributed by atoms with van der Waals surface area (Å²) in [5.74, 6) is 0.711. The molecule has 0 unspecified atom stereocenters. The van der Waals surface area contributed by atoms with E-state index in [9.17, 15) is 8.78 Å². The van der Waals surface area contributed by atoms with Gasteiger partial charge in [0.05, 0.1) is 0 Å². The number of halogens is 3. The maximum Gasteiger partial charge on any atom is 0.387 e. The summed E-state index contributed by atoms with van der Waals surface area (Å²) in [7, 11) is 0. The number of rotatable bonds is 5. The van der Waals surface area contributed by atoms with Crippen LogP contribution in [0, 0.1) is 20.8 Å². The van der Waals surface area contributed by atoms with E-state index in [0.29, 0.717) is 22.6 Å². The molecule has 27 heavy (non-hydrogen) atoms. The summed E-state index contributed by atoms with van der Waals surface area (Å²) in [6.45, 7) is 2.49. The zero-order chi connectivity index (χ0) is 19.6. The van der Waals surface area contributed by atoms with Gasteiger partial charge in [0.25, 0.3) is 5.89 Å². The third-order valence-corrected chi connectivity index (χ3v) is 4.15. The minimum absolute atomic E-state index is 0.165. The van der Waals surface area contributed by atoms with Crippen molar-refractivity contribution in [3.05, 3.63) is 64.5 Å². The van der Waals surface area contributed by atoms with E-state index >= 15 is 0 Å². The van der Waals surface area contributed by atoms with Gasteiger partial charge in [-0.05, 0) is 67.8 Å². The van der Waals surface area contributed by atoms with E-state index in [4.69, 9.17) is 16.0 Å². The van der Waals surface area contributed by atoms with Gasteiger partial charge in [-0.15, -0.1) is 10.2 Å². The lowest BCUT2D eigenvalue weighted by Crippen LogP contribution is -2.05. The van der Waals surface area contributed by atoms with Crippen molar-refractivity contribution in [2.75, 3.05) is 0 Å². The van der Waals surface area contributed by atoms with Crippen molar-refractivity contribution in [3.8, 4) is 17.2 Å². The van der Waals surface area contributed by atoms with Crippen molar-refractivity contribution in [1.29, 1.82) is 0 Å². The number of aromatic nitrogens is 2. The molecule has 0 bridgehead atoms. The van der Waals surface area contributed by atoms with Gasteiger partial charge < -0.3 is 9.15 Å². The average molecular weight is 391 g/mol. The number of alkyl halides is 2. The number of benzene rings is 2. The van der Waals surface area contributed by atoms with Crippen LogP contribution in [0.2, 0.25) is 0 Å². The number of hydrogen-bond acceptors (Lipinski definition) is 4. The van der Waals surface area contributed by atoms with Crippen LogP contribution in [0.15, 0.2) is 40.8 Å². The molecule has 0 aliphatic carbocycles. The van der Waals surface area contributed by atoms with E-state index in [1.54, 1.807) is 32.1 Å². The van der Waals surface area contributed by atoms with Crippen LogP contribution in [-0.2, 0) is 0 Å². The molecule has 3 aromatic rings. The molecule has 0 aliphatic rings. The van der Waals surface area contributed by atoms with Crippen molar-refractivity contribution >= 4 is 22.7 Å². The quantitative estimate of drug-likeness (QED) is 0.536. The molecule has 140 valence electrons. The predicted molar refractivity (Wildman–Crippen MR) is 101 cm³/mol. The topological polar surface area (TPSA) is 48.2 Å². The normalized spacial score (nSPS) is 11.9. The number of hydrogen-bond donors (Lipinski definition) is 0. The van der Waals surface area contributed by atoms with Crippen LogP contribution in [0.3, 0.4) is 0 Å². The van der Waals surface area contributed by atoms with E-state index in [0.717, 1.165) is 11.1 Å². The molecule has 0 N–H and O–H groups in total. The molecule has 7 heteroatoms. The highest BCUT2D eigenvalue weighted by molar-refractivity contribution is 6.50. The second-order valence-electron chi connectivity index (χ2n) is 6.14. The molecule has 0 amide bonds. The molecule has 0 aliphatic heterocycles. The van der Waals surface area contributed by atoms with Crippen LogP contribution in [0.1, 0.15) is 28.1 Å². The number of nitrogens with zero attached hydrogens (tertiary/aromatic N) is 2. The van der Waals surface area contributed by atoms with E-state index < -0.39 is 6.61 Å². The van der Waals surface area contributed by atoms with Gasteiger partial charge in [-0.2, -0.15) is 8.78 Å². The summed E-state index contributed by atoms with van der Waals surface area (Å²) in [4.78, 5) is 0. The largest absolute Gasteiger partial charge is 0.434 e. The Morgan fingerprint density at radius 1 is 1.11 bits per heavy atom. The van der Waals surface area contributed by atoms with Gasteiger partial charge in [-0.25, -0.2) is 0 Å². The molecule has 0 saturated carbocycles. The lowest BCUT2D eigenvalue weighted by Gasteiger charge is -2.12. The van der Waals surface area contributed by atoms with Gasteiger partial charge in [0, 0.05) is 5.56 Å². The fraction of sp³-hybridized carbons (Fsp3) is 0.200. The van der Waals surface area contributed by atoms with Gasteiger partial charge in [0.2, 0.25) is 5.89 Å². The van der Waals surface area contributed by atoms with Gasteiger partial charge in [0.15, 0.2) is 0 Å². The Kier molecular flexibility index (Phi) is 5.56. The Balaban J connectivity index is 1.88. The van der Waals surface area contributed by atoms with Crippen LogP contribution in [0.4, 0.5) is 8.78 Å². The van der Waals surface area contributed by atoms with E-state index in [1.807, 2.05) is 31.2 Å². The lowest BCUT2D eigenvalue weighted by atomic mass is 10.1. The molecule has 0 saturated heterocycles. The summed E-state index contributed by atoms with van der Waals surface area (Å²) in [5.41, 5.74) is 3.75. The van der Waals surface area contributed by atoms with Gasteiger partial charge in [-0.3, -0.25) is 0 Å². The number of aryl methyl sites for hydroxylation is 3. The molecule has 0 atom stereocenters. The molecule has 0 radical (unpaired) electrons. The third kappa shape index (κ3) is 4.52. The highest BCUT2D eigenvalue weighted by Gasteiger charge is 2.14. The minimum atomic E-state index is -2.87. The highest BCUT2D eigenvalue weighted by Crippen LogP contribution is 2.30. The summed E-state index contributed by atoms with van der Waals surface area (Å²) in [5, 5.41) is 8.26. The first-order valence-electron chi connectivity index (χ1n) is 8.17. The second-order valence-corrected chi connectivity index (χ2v) is 6.54. The Bertz CT molecular complexity index is 976. The van der Waals surface area contributed by atoms with Crippen molar-refractivity contribution < 1.29 is 17.9 Å². The Labute approximate surface area is 160 Å². The molecule has 1 aromatic heterocycles. The summed E-state index contributed by atoms with van der Waals surface area (Å²) < 4.78 is 35.2. The molecule has 4 nitrogen and oxygen atoms in total.